The summed E-state index contributed by atoms with van der Waals surface area (Å²) in [6.45, 7) is 7.88. The van der Waals surface area contributed by atoms with Crippen LogP contribution >= 0.6 is 11.6 Å². The minimum atomic E-state index is -4.59. The number of benzene rings is 4. The Morgan fingerprint density at radius 2 is 1.61 bits per heavy atom. The van der Waals surface area contributed by atoms with E-state index in [0.29, 0.717) is 49.2 Å². The molecular formula is C47H52ClF3N2O3. The van der Waals surface area contributed by atoms with E-state index < -0.39 is 34.6 Å². The van der Waals surface area contributed by atoms with Gasteiger partial charge in [0.2, 0.25) is 0 Å². The Bertz CT molecular complexity index is 2030. The zero-order valence-corrected chi connectivity index (χ0v) is 33.0. The topological polar surface area (TPSA) is 64.0 Å². The third kappa shape index (κ3) is 8.56. The van der Waals surface area contributed by atoms with Gasteiger partial charge in [0.15, 0.2) is 5.78 Å². The summed E-state index contributed by atoms with van der Waals surface area (Å²) in [5, 5.41) is 24.6. The first kappa shape index (κ1) is 40.4. The maximum atomic E-state index is 14.4. The number of hydrogen-bond acceptors (Lipinski definition) is 5. The molecule has 3 aliphatic carbocycles. The molecule has 1 unspecified atom stereocenters. The molecule has 4 aliphatic rings. The number of carbonyl (C=O) groups excluding carboxylic acids is 1. The largest absolute Gasteiger partial charge is 0.416 e. The molecule has 0 radical (unpaired) electrons. The van der Waals surface area contributed by atoms with Crippen molar-refractivity contribution in [3.63, 3.8) is 0 Å². The summed E-state index contributed by atoms with van der Waals surface area (Å²) >= 11 is 6.27. The number of aliphatic hydroxyl groups is 2. The molecule has 9 heteroatoms. The molecule has 1 aliphatic heterocycles. The van der Waals surface area contributed by atoms with Crippen LogP contribution < -0.4 is 0 Å². The summed E-state index contributed by atoms with van der Waals surface area (Å²) in [5.41, 5.74) is 2.82. The zero-order chi connectivity index (χ0) is 39.7. The second-order valence-electron chi connectivity index (χ2n) is 16.5. The summed E-state index contributed by atoms with van der Waals surface area (Å²) in [4.78, 5) is 19.2. The van der Waals surface area contributed by atoms with E-state index >= 15 is 0 Å². The number of halogens is 4. The molecule has 0 spiro atoms. The fourth-order valence-corrected chi connectivity index (χ4v) is 9.76. The van der Waals surface area contributed by atoms with Crippen molar-refractivity contribution in [3.05, 3.63) is 153 Å². The average molecular weight is 785 g/mol. The molecule has 2 bridgehead atoms. The third-order valence-electron chi connectivity index (χ3n) is 12.9. The van der Waals surface area contributed by atoms with Crippen LogP contribution in [0.5, 0.6) is 0 Å². The third-order valence-corrected chi connectivity index (χ3v) is 13.2. The van der Waals surface area contributed by atoms with Gasteiger partial charge in [-0.15, -0.1) is 0 Å². The maximum Gasteiger partial charge on any atom is 0.416 e. The van der Waals surface area contributed by atoms with Gasteiger partial charge in [0.25, 0.3) is 0 Å². The molecule has 2 N–H and O–H groups in total. The number of ketones is 1. The van der Waals surface area contributed by atoms with Crippen molar-refractivity contribution in [1.82, 2.24) is 9.80 Å². The number of β-amino-alcohol motifs (C(OH)–C–C–N with tert-alkyl or cyclic N) is 1. The minimum Gasteiger partial charge on any atom is -0.393 e. The molecular weight excluding hydrogens is 733 g/mol. The molecule has 5 atom stereocenters. The Kier molecular flexibility index (Phi) is 12.0. The first-order chi connectivity index (χ1) is 26.7. The minimum absolute atomic E-state index is 0.0290. The van der Waals surface area contributed by atoms with Gasteiger partial charge in [-0.1, -0.05) is 96.9 Å². The number of nitrogens with zero attached hydrogens (tertiary/aromatic N) is 2. The van der Waals surface area contributed by atoms with Gasteiger partial charge in [-0.3, -0.25) is 14.6 Å². The molecule has 5 nitrogen and oxygen atoms in total. The number of piperazine rings is 1. The number of fused-ring (bicyclic) bond motifs is 8. The number of rotatable bonds is 7. The summed E-state index contributed by atoms with van der Waals surface area (Å²) in [5.74, 6) is -0.700. The van der Waals surface area contributed by atoms with Crippen molar-refractivity contribution in [2.24, 2.45) is 5.41 Å². The van der Waals surface area contributed by atoms with E-state index in [0.717, 1.165) is 62.3 Å². The quantitative estimate of drug-likeness (QED) is 0.144. The molecule has 4 aromatic carbocycles. The number of aliphatic hydroxyl groups excluding tert-OH is 1. The van der Waals surface area contributed by atoms with Crippen molar-refractivity contribution in [2.75, 3.05) is 32.7 Å². The second kappa shape index (κ2) is 16.6. The second-order valence-corrected chi connectivity index (χ2v) is 17.0. The molecule has 56 heavy (non-hydrogen) atoms. The van der Waals surface area contributed by atoms with Crippen LogP contribution in [0, 0.1) is 5.41 Å². The lowest BCUT2D eigenvalue weighted by Crippen LogP contribution is -2.56. The van der Waals surface area contributed by atoms with Crippen LogP contribution in [-0.2, 0) is 12.6 Å². The highest BCUT2D eigenvalue weighted by atomic mass is 35.5. The fraction of sp³-hybridized carbons (Fsp3) is 0.426. The monoisotopic (exact) mass is 784 g/mol. The van der Waals surface area contributed by atoms with E-state index in [1.807, 2.05) is 30.3 Å². The number of alkyl halides is 3. The smallest absolute Gasteiger partial charge is 0.393 e. The van der Waals surface area contributed by atoms with E-state index in [4.69, 9.17) is 11.6 Å². The molecule has 1 heterocycles. The summed E-state index contributed by atoms with van der Waals surface area (Å²) in [7, 11) is 0. The number of allylic oxidation sites excluding steroid dienone is 2. The van der Waals surface area contributed by atoms with Gasteiger partial charge in [-0.25, -0.2) is 0 Å². The van der Waals surface area contributed by atoms with Crippen molar-refractivity contribution >= 4 is 17.4 Å². The lowest BCUT2D eigenvalue weighted by atomic mass is 9.64. The summed E-state index contributed by atoms with van der Waals surface area (Å²) in [6, 6.07) is 28.9. The molecule has 2 fully saturated rings. The van der Waals surface area contributed by atoms with Crippen molar-refractivity contribution in [2.45, 2.75) is 88.6 Å². The molecule has 0 amide bonds. The first-order valence-corrected chi connectivity index (χ1v) is 20.3. The first-order valence-electron chi connectivity index (χ1n) is 19.9. The highest BCUT2D eigenvalue weighted by molar-refractivity contribution is 6.30. The van der Waals surface area contributed by atoms with E-state index in [1.165, 1.54) is 28.8 Å². The van der Waals surface area contributed by atoms with Crippen LogP contribution in [0.2, 0.25) is 5.02 Å². The van der Waals surface area contributed by atoms with Crippen molar-refractivity contribution < 1.29 is 28.2 Å². The summed E-state index contributed by atoms with van der Waals surface area (Å²) < 4.78 is 41.3. The Balaban J connectivity index is 1.19. The van der Waals surface area contributed by atoms with Crippen LogP contribution in [0.15, 0.2) is 109 Å². The Hall–Kier alpha value is -3.79. The Morgan fingerprint density at radius 3 is 2.32 bits per heavy atom. The SMILES string of the molecule is CC1=CCC[C@@]2(C)[C@@H](CC[C@@]2(O)CN2CCN(C(c3ccccc3)c3ccc(Cl)cc3)CC2)c2ccc(cc2C(=O)c2cccc(C(F)(F)F)c2)C[C@@H](O)CC1. The van der Waals surface area contributed by atoms with Crippen molar-refractivity contribution in [3.8, 4) is 0 Å². The van der Waals surface area contributed by atoms with Gasteiger partial charge in [0.05, 0.1) is 23.3 Å². The van der Waals surface area contributed by atoms with E-state index in [9.17, 15) is 28.2 Å². The van der Waals surface area contributed by atoms with Gasteiger partial charge < -0.3 is 10.2 Å². The van der Waals surface area contributed by atoms with Gasteiger partial charge >= 0.3 is 6.18 Å². The van der Waals surface area contributed by atoms with Crippen LogP contribution in [0.25, 0.3) is 0 Å². The highest BCUT2D eigenvalue weighted by Crippen LogP contribution is 2.59. The lowest BCUT2D eigenvalue weighted by Gasteiger charge is -2.48. The molecule has 1 saturated carbocycles. The van der Waals surface area contributed by atoms with E-state index in [2.05, 4.69) is 66.1 Å². The van der Waals surface area contributed by atoms with E-state index in [-0.39, 0.29) is 17.5 Å². The van der Waals surface area contributed by atoms with Crippen LogP contribution in [-0.4, -0.2) is 70.2 Å². The lowest BCUT2D eigenvalue weighted by molar-refractivity contribution is -0.137. The average Bonchev–Trinajstić information content (AvgIpc) is 3.43. The molecule has 296 valence electrons. The van der Waals surface area contributed by atoms with E-state index in [1.54, 1.807) is 6.07 Å². The predicted octanol–water partition coefficient (Wildman–Crippen LogP) is 10.0. The molecule has 1 saturated heterocycles. The number of hydrogen-bond donors (Lipinski definition) is 2. The van der Waals surface area contributed by atoms with Gasteiger partial charge in [0.1, 0.15) is 0 Å². The van der Waals surface area contributed by atoms with Crippen molar-refractivity contribution in [1.29, 1.82) is 0 Å². The number of carbonyl (C=O) groups is 1. The van der Waals surface area contributed by atoms with Crippen LogP contribution in [0.1, 0.15) is 108 Å². The Labute approximate surface area is 333 Å². The van der Waals surface area contributed by atoms with Crippen LogP contribution in [0.3, 0.4) is 0 Å². The van der Waals surface area contributed by atoms with Crippen LogP contribution in [0.4, 0.5) is 13.2 Å². The molecule has 4 aromatic rings. The molecule has 0 aromatic heterocycles. The zero-order valence-electron chi connectivity index (χ0n) is 32.2. The van der Waals surface area contributed by atoms with Gasteiger partial charge in [0, 0.05) is 54.3 Å². The summed E-state index contributed by atoms with van der Waals surface area (Å²) in [6.07, 6.45) is 1.17. The normalized spacial score (nSPS) is 26.0. The maximum absolute atomic E-state index is 14.4. The standard InChI is InChI=1S/C47H52ClF3N2O3/c1-32-8-7-22-45(2)42(40-20-14-33(28-39(54)19-13-32)29-41(40)44(55)36-11-6-12-37(30-36)47(49,50)51)21-23-46(45,56)31-52-24-26-53(27-25-52)43(34-9-4-3-5-10-34)35-15-17-38(48)18-16-35/h3-6,8-12,14-18,20,29-30,39,42-43,54,56H,7,13,19,21-28,31H2,1-2H3/t39-,42-,43?,45-,46+/m0/s1. The Morgan fingerprint density at radius 1 is 0.893 bits per heavy atom. The molecule has 8 rings (SSSR count). The van der Waals surface area contributed by atoms with Gasteiger partial charge in [-0.05, 0) is 110 Å². The highest BCUT2D eigenvalue weighted by Gasteiger charge is 2.57. The van der Waals surface area contributed by atoms with Gasteiger partial charge in [-0.2, -0.15) is 13.2 Å². The fourth-order valence-electron chi connectivity index (χ4n) is 9.63. The predicted molar refractivity (Wildman–Crippen MR) is 216 cm³/mol.